The van der Waals surface area contributed by atoms with Crippen LogP contribution >= 0.6 is 0 Å². The fraction of sp³-hybridized carbons (Fsp3) is 0.0435. The quantitative estimate of drug-likeness (QED) is 0.188. The summed E-state index contributed by atoms with van der Waals surface area (Å²) in [6.07, 6.45) is 8.80. The van der Waals surface area contributed by atoms with E-state index in [0.717, 1.165) is 24.0 Å². The Morgan fingerprint density at radius 3 is 2.23 bits per heavy atom. The molecule has 48 heavy (non-hydrogen) atoms. The predicted octanol–water partition coefficient (Wildman–Crippen LogP) is 12.0. The number of fused-ring (bicyclic) bond motifs is 8. The van der Waals surface area contributed by atoms with Crippen molar-refractivity contribution in [2.75, 3.05) is 0 Å². The average Bonchev–Trinajstić information content (AvgIpc) is 3.67. The van der Waals surface area contributed by atoms with Crippen LogP contribution in [0, 0.1) is 12.1 Å². The minimum atomic E-state index is 1.01. The molecule has 0 amide bonds. The average molecular weight is 611 g/mol. The van der Waals surface area contributed by atoms with Crippen LogP contribution in [0.25, 0.3) is 82.5 Å². The smallest absolute Gasteiger partial charge is 0.105 e. The Morgan fingerprint density at radius 2 is 1.38 bits per heavy atom. The van der Waals surface area contributed by atoms with E-state index in [4.69, 9.17) is 0 Å². The van der Waals surface area contributed by atoms with E-state index < -0.39 is 0 Å². The van der Waals surface area contributed by atoms with Crippen molar-refractivity contribution < 1.29 is 0 Å². The SMILES string of the molecule is c1ccc2c3cc4c5c6ccccc6ccc5n(-c5ccccc5)c4cc3n(-c3ccc(-c4ccccc4)cc3C3=CC=CCC3)c2c#1. The van der Waals surface area contributed by atoms with Gasteiger partial charge in [0.05, 0.1) is 22.2 Å². The second kappa shape index (κ2) is 10.6. The first-order valence-corrected chi connectivity index (χ1v) is 16.7. The van der Waals surface area contributed by atoms with Gasteiger partial charge in [0.1, 0.15) is 5.52 Å². The van der Waals surface area contributed by atoms with Crippen molar-refractivity contribution in [3.05, 3.63) is 175 Å². The lowest BCUT2D eigenvalue weighted by Gasteiger charge is -2.18. The molecule has 0 saturated heterocycles. The first-order chi connectivity index (χ1) is 23.8. The second-order valence-electron chi connectivity index (χ2n) is 12.7. The van der Waals surface area contributed by atoms with Gasteiger partial charge >= 0.3 is 0 Å². The molecule has 0 unspecified atom stereocenters. The number of aromatic nitrogens is 2. The van der Waals surface area contributed by atoms with Gasteiger partial charge in [0.15, 0.2) is 0 Å². The van der Waals surface area contributed by atoms with Crippen molar-refractivity contribution in [2.45, 2.75) is 12.8 Å². The minimum Gasteiger partial charge on any atom is -0.309 e. The lowest BCUT2D eigenvalue weighted by Crippen LogP contribution is -2.01. The molecule has 7 aromatic carbocycles. The number of rotatable bonds is 4. The molecule has 0 fully saturated rings. The Balaban J connectivity index is 1.35. The summed E-state index contributed by atoms with van der Waals surface area (Å²) in [6.45, 7) is 0. The zero-order valence-electron chi connectivity index (χ0n) is 26.3. The zero-order chi connectivity index (χ0) is 31.6. The third kappa shape index (κ3) is 4.01. The molecular formula is C46H30N2. The van der Waals surface area contributed by atoms with Crippen LogP contribution in [0.15, 0.2) is 158 Å². The number of hydrogen-bond acceptors (Lipinski definition) is 0. The van der Waals surface area contributed by atoms with E-state index in [9.17, 15) is 0 Å². The van der Waals surface area contributed by atoms with Gasteiger partial charge in [0.25, 0.3) is 0 Å². The molecular weight excluding hydrogens is 581 g/mol. The van der Waals surface area contributed by atoms with Crippen LogP contribution in [-0.4, -0.2) is 9.13 Å². The normalized spacial score (nSPS) is 13.1. The monoisotopic (exact) mass is 610 g/mol. The highest BCUT2D eigenvalue weighted by atomic mass is 15.0. The Morgan fingerprint density at radius 1 is 0.562 bits per heavy atom. The van der Waals surface area contributed by atoms with Crippen molar-refractivity contribution in [3.63, 3.8) is 0 Å². The van der Waals surface area contributed by atoms with Gasteiger partial charge in [-0.25, -0.2) is 0 Å². The molecule has 2 heteroatoms. The highest BCUT2D eigenvalue weighted by Gasteiger charge is 2.22. The molecule has 10 rings (SSSR count). The van der Waals surface area contributed by atoms with E-state index >= 15 is 0 Å². The number of nitrogens with zero attached hydrogens (tertiary/aromatic N) is 2. The summed E-state index contributed by atoms with van der Waals surface area (Å²) < 4.78 is 4.86. The van der Waals surface area contributed by atoms with Crippen molar-refractivity contribution in [3.8, 4) is 22.5 Å². The summed E-state index contributed by atoms with van der Waals surface area (Å²) in [5, 5.41) is 7.47. The summed E-state index contributed by atoms with van der Waals surface area (Å²) in [5.41, 5.74) is 12.0. The van der Waals surface area contributed by atoms with E-state index in [0.29, 0.717) is 0 Å². The number of hydrogen-bond donors (Lipinski definition) is 0. The molecule has 2 aromatic heterocycles. The zero-order valence-corrected chi connectivity index (χ0v) is 26.3. The standard InChI is InChI=1S/C46H30N2/c1-4-14-31(15-5-1)34-25-26-42(38(28-34)32-16-6-2-7-17-32)48-41-23-13-12-22-37(41)39-29-40-45(30-44(39)48)47(35-19-8-3-9-20-35)43-27-24-33-18-10-11-21-36(33)46(40)43/h1-6,8-12,14-16,18-22,24-30H,7,17H2. The molecule has 9 aromatic rings. The molecule has 0 atom stereocenters. The highest BCUT2D eigenvalue weighted by molar-refractivity contribution is 6.25. The third-order valence-electron chi connectivity index (χ3n) is 10.0. The summed E-state index contributed by atoms with van der Waals surface area (Å²) >= 11 is 0. The number of allylic oxidation sites excluding steroid dienone is 4. The molecule has 2 heterocycles. The van der Waals surface area contributed by atoms with Crippen molar-refractivity contribution in [1.29, 1.82) is 0 Å². The summed E-state index contributed by atoms with van der Waals surface area (Å²) in [7, 11) is 0. The van der Waals surface area contributed by atoms with Crippen LogP contribution in [0.1, 0.15) is 18.4 Å². The molecule has 0 N–H and O–H groups in total. The summed E-state index contributed by atoms with van der Waals surface area (Å²) in [5.74, 6) is 0. The van der Waals surface area contributed by atoms with Crippen molar-refractivity contribution >= 4 is 60.0 Å². The molecule has 0 aliphatic heterocycles. The third-order valence-corrected chi connectivity index (χ3v) is 10.0. The lowest BCUT2D eigenvalue weighted by atomic mass is 9.92. The first kappa shape index (κ1) is 26.9. The maximum absolute atomic E-state index is 3.54. The van der Waals surface area contributed by atoms with Gasteiger partial charge in [0.2, 0.25) is 0 Å². The van der Waals surface area contributed by atoms with Crippen LogP contribution < -0.4 is 0 Å². The Kier molecular flexibility index (Phi) is 5.95. The highest BCUT2D eigenvalue weighted by Crippen LogP contribution is 2.43. The van der Waals surface area contributed by atoms with Gasteiger partial charge in [-0.05, 0) is 101 Å². The number of benzene rings is 6. The molecule has 2 nitrogen and oxygen atoms in total. The fourth-order valence-electron chi connectivity index (χ4n) is 7.85. The molecule has 0 spiro atoms. The summed E-state index contributed by atoms with van der Waals surface area (Å²) in [4.78, 5) is 0. The van der Waals surface area contributed by atoms with Gasteiger partial charge in [-0.15, -0.1) is 0 Å². The van der Waals surface area contributed by atoms with E-state index in [1.165, 1.54) is 76.8 Å². The van der Waals surface area contributed by atoms with E-state index in [2.05, 4.69) is 173 Å². The maximum atomic E-state index is 3.54. The van der Waals surface area contributed by atoms with Crippen LogP contribution in [-0.2, 0) is 0 Å². The predicted molar refractivity (Wildman–Crippen MR) is 202 cm³/mol. The minimum absolute atomic E-state index is 1.01. The van der Waals surface area contributed by atoms with E-state index in [1.54, 1.807) is 0 Å². The Labute approximate surface area is 279 Å². The molecule has 224 valence electrons. The largest absolute Gasteiger partial charge is 0.309 e. The molecule has 1 aliphatic rings. The van der Waals surface area contributed by atoms with Gasteiger partial charge in [0, 0.05) is 32.8 Å². The second-order valence-corrected chi connectivity index (χ2v) is 12.7. The lowest BCUT2D eigenvalue weighted by molar-refractivity contribution is 1.05. The first-order valence-electron chi connectivity index (χ1n) is 16.7. The topological polar surface area (TPSA) is 9.86 Å². The van der Waals surface area contributed by atoms with Gasteiger partial charge in [-0.3, -0.25) is 0 Å². The molecule has 0 saturated carbocycles. The van der Waals surface area contributed by atoms with Gasteiger partial charge < -0.3 is 9.13 Å². The Bertz CT molecular complexity index is 2760. The van der Waals surface area contributed by atoms with E-state index in [-0.39, 0.29) is 0 Å². The molecule has 1 aliphatic carbocycles. The van der Waals surface area contributed by atoms with Crippen LogP contribution in [0.3, 0.4) is 0 Å². The maximum Gasteiger partial charge on any atom is 0.105 e. The van der Waals surface area contributed by atoms with E-state index in [1.807, 2.05) is 6.07 Å². The Hall–Kier alpha value is -6.30. The fourth-order valence-corrected chi connectivity index (χ4v) is 7.85. The van der Waals surface area contributed by atoms with Crippen molar-refractivity contribution in [2.24, 2.45) is 0 Å². The molecule has 0 radical (unpaired) electrons. The van der Waals surface area contributed by atoms with Crippen LogP contribution in [0.2, 0.25) is 0 Å². The molecule has 0 bridgehead atoms. The van der Waals surface area contributed by atoms with Crippen LogP contribution in [0.5, 0.6) is 0 Å². The van der Waals surface area contributed by atoms with Crippen LogP contribution in [0.4, 0.5) is 0 Å². The van der Waals surface area contributed by atoms with Gasteiger partial charge in [-0.1, -0.05) is 109 Å². The van der Waals surface area contributed by atoms with Crippen molar-refractivity contribution in [1.82, 2.24) is 9.13 Å². The van der Waals surface area contributed by atoms with Gasteiger partial charge in [-0.2, -0.15) is 0 Å². The number of para-hydroxylation sites is 1. The summed E-state index contributed by atoms with van der Waals surface area (Å²) in [6, 6.07) is 57.6.